The van der Waals surface area contributed by atoms with Crippen LogP contribution < -0.4 is 0 Å². The van der Waals surface area contributed by atoms with Crippen molar-refractivity contribution in [1.82, 2.24) is 4.90 Å². The molecule has 0 fully saturated rings. The van der Waals surface area contributed by atoms with Gasteiger partial charge in [0, 0.05) is 24.1 Å². The molecule has 0 saturated carbocycles. The summed E-state index contributed by atoms with van der Waals surface area (Å²) >= 11 is 4.20. The lowest BCUT2D eigenvalue weighted by Gasteiger charge is -2.27. The van der Waals surface area contributed by atoms with Crippen LogP contribution in [0.5, 0.6) is 0 Å². The largest absolute Gasteiger partial charge is 0.383 e. The van der Waals surface area contributed by atoms with Gasteiger partial charge in [-0.3, -0.25) is 4.79 Å². The summed E-state index contributed by atoms with van der Waals surface area (Å²) in [4.78, 5) is 14.9. The van der Waals surface area contributed by atoms with Gasteiger partial charge in [0.25, 0.3) is 5.91 Å². The number of hydrogen-bond acceptors (Lipinski definition) is 3. The Labute approximate surface area is 108 Å². The maximum Gasteiger partial charge on any atom is 0.254 e. The standard InChI is InChI=1S/C13H19NO2S/c1-4-14(10(2)9-16-3)13(15)11-5-7-12(17)8-6-11/h5-8,10,17H,4,9H2,1-3H3. The minimum absolute atomic E-state index is 0.0328. The summed E-state index contributed by atoms with van der Waals surface area (Å²) in [6.07, 6.45) is 0. The number of ether oxygens (including phenoxy) is 1. The van der Waals surface area contributed by atoms with Crippen molar-refractivity contribution < 1.29 is 9.53 Å². The number of benzene rings is 1. The second kappa shape index (κ2) is 6.67. The van der Waals surface area contributed by atoms with Gasteiger partial charge in [0.05, 0.1) is 12.6 Å². The molecule has 1 amide bonds. The molecule has 0 spiro atoms. The van der Waals surface area contributed by atoms with Gasteiger partial charge >= 0.3 is 0 Å². The van der Waals surface area contributed by atoms with Crippen LogP contribution in [0.4, 0.5) is 0 Å². The van der Waals surface area contributed by atoms with Crippen molar-refractivity contribution in [2.24, 2.45) is 0 Å². The van der Waals surface area contributed by atoms with E-state index in [1.165, 1.54) is 0 Å². The summed E-state index contributed by atoms with van der Waals surface area (Å²) < 4.78 is 5.09. The molecule has 1 aromatic carbocycles. The van der Waals surface area contributed by atoms with Crippen LogP contribution in [0.2, 0.25) is 0 Å². The Morgan fingerprint density at radius 1 is 1.41 bits per heavy atom. The zero-order chi connectivity index (χ0) is 12.8. The fourth-order valence-electron chi connectivity index (χ4n) is 1.76. The molecule has 1 aromatic rings. The topological polar surface area (TPSA) is 29.5 Å². The number of rotatable bonds is 5. The van der Waals surface area contributed by atoms with E-state index in [1.807, 2.05) is 26.0 Å². The van der Waals surface area contributed by atoms with Crippen molar-refractivity contribution in [2.75, 3.05) is 20.3 Å². The van der Waals surface area contributed by atoms with Gasteiger partial charge in [-0.2, -0.15) is 0 Å². The number of amides is 1. The minimum atomic E-state index is 0.0328. The smallest absolute Gasteiger partial charge is 0.254 e. The second-order valence-corrected chi connectivity index (χ2v) is 4.46. The van der Waals surface area contributed by atoms with E-state index in [0.29, 0.717) is 18.7 Å². The van der Waals surface area contributed by atoms with E-state index in [-0.39, 0.29) is 11.9 Å². The highest BCUT2D eigenvalue weighted by Crippen LogP contribution is 2.12. The van der Waals surface area contributed by atoms with Gasteiger partial charge in [-0.15, -0.1) is 12.6 Å². The highest BCUT2D eigenvalue weighted by atomic mass is 32.1. The Morgan fingerprint density at radius 2 is 2.00 bits per heavy atom. The van der Waals surface area contributed by atoms with E-state index in [2.05, 4.69) is 12.6 Å². The number of carbonyl (C=O) groups excluding carboxylic acids is 1. The summed E-state index contributed by atoms with van der Waals surface area (Å²) in [5.41, 5.74) is 0.688. The van der Waals surface area contributed by atoms with Gasteiger partial charge in [-0.05, 0) is 38.1 Å². The average Bonchev–Trinajstić information content (AvgIpc) is 2.31. The van der Waals surface area contributed by atoms with Crippen LogP contribution in [0.3, 0.4) is 0 Å². The van der Waals surface area contributed by atoms with Crippen molar-refractivity contribution in [3.05, 3.63) is 29.8 Å². The molecular weight excluding hydrogens is 234 g/mol. The van der Waals surface area contributed by atoms with E-state index in [0.717, 1.165) is 4.90 Å². The maximum atomic E-state index is 12.2. The Kier molecular flexibility index (Phi) is 5.51. The lowest BCUT2D eigenvalue weighted by atomic mass is 10.1. The van der Waals surface area contributed by atoms with Crippen molar-refractivity contribution in [3.8, 4) is 0 Å². The van der Waals surface area contributed by atoms with Gasteiger partial charge < -0.3 is 9.64 Å². The summed E-state index contributed by atoms with van der Waals surface area (Å²) in [6, 6.07) is 7.32. The van der Waals surface area contributed by atoms with Crippen molar-refractivity contribution in [2.45, 2.75) is 24.8 Å². The molecule has 17 heavy (non-hydrogen) atoms. The zero-order valence-electron chi connectivity index (χ0n) is 10.5. The third kappa shape index (κ3) is 3.75. The fraction of sp³-hybridized carbons (Fsp3) is 0.462. The van der Waals surface area contributed by atoms with Crippen molar-refractivity contribution >= 4 is 18.5 Å². The van der Waals surface area contributed by atoms with Gasteiger partial charge in [-0.25, -0.2) is 0 Å². The Morgan fingerprint density at radius 3 is 2.47 bits per heavy atom. The van der Waals surface area contributed by atoms with E-state index < -0.39 is 0 Å². The monoisotopic (exact) mass is 253 g/mol. The number of likely N-dealkylation sites (N-methyl/N-ethyl adjacent to an activating group) is 1. The highest BCUT2D eigenvalue weighted by Gasteiger charge is 2.19. The van der Waals surface area contributed by atoms with E-state index in [4.69, 9.17) is 4.74 Å². The molecule has 1 unspecified atom stereocenters. The van der Waals surface area contributed by atoms with Crippen LogP contribution in [0.25, 0.3) is 0 Å². The van der Waals surface area contributed by atoms with Gasteiger partial charge in [0.2, 0.25) is 0 Å². The van der Waals surface area contributed by atoms with Crippen LogP contribution >= 0.6 is 12.6 Å². The quantitative estimate of drug-likeness (QED) is 0.817. The van der Waals surface area contributed by atoms with E-state index in [1.54, 1.807) is 24.1 Å². The van der Waals surface area contributed by atoms with Gasteiger partial charge in [-0.1, -0.05) is 0 Å². The molecule has 1 rings (SSSR count). The Hall–Kier alpha value is -1.00. The average molecular weight is 253 g/mol. The molecule has 0 aromatic heterocycles. The summed E-state index contributed by atoms with van der Waals surface area (Å²) in [5, 5.41) is 0. The number of nitrogens with zero attached hydrogens (tertiary/aromatic N) is 1. The number of thiol groups is 1. The molecule has 0 heterocycles. The predicted octanol–water partition coefficient (Wildman–Crippen LogP) is 2.47. The molecule has 0 aliphatic carbocycles. The second-order valence-electron chi connectivity index (χ2n) is 3.94. The van der Waals surface area contributed by atoms with Crippen LogP contribution in [0, 0.1) is 0 Å². The zero-order valence-corrected chi connectivity index (χ0v) is 11.4. The molecule has 0 aliphatic heterocycles. The molecule has 0 saturated heterocycles. The normalized spacial score (nSPS) is 12.2. The third-order valence-corrected chi connectivity index (χ3v) is 2.95. The first-order valence-corrected chi connectivity index (χ1v) is 6.13. The van der Waals surface area contributed by atoms with E-state index in [9.17, 15) is 4.79 Å². The number of hydrogen-bond donors (Lipinski definition) is 1. The lowest BCUT2D eigenvalue weighted by Crippen LogP contribution is -2.40. The molecule has 0 N–H and O–H groups in total. The predicted molar refractivity (Wildman–Crippen MR) is 71.7 cm³/mol. The SMILES string of the molecule is CCN(C(=O)c1ccc(S)cc1)C(C)COC. The lowest BCUT2D eigenvalue weighted by molar-refractivity contribution is 0.0579. The molecule has 94 valence electrons. The maximum absolute atomic E-state index is 12.2. The minimum Gasteiger partial charge on any atom is -0.383 e. The molecule has 4 heteroatoms. The first-order chi connectivity index (χ1) is 8.10. The van der Waals surface area contributed by atoms with Crippen molar-refractivity contribution in [1.29, 1.82) is 0 Å². The summed E-state index contributed by atoms with van der Waals surface area (Å²) in [6.45, 7) is 5.17. The van der Waals surface area contributed by atoms with Crippen LogP contribution in [-0.2, 0) is 4.74 Å². The Balaban J connectivity index is 2.82. The summed E-state index contributed by atoms with van der Waals surface area (Å²) in [5.74, 6) is 0.0328. The number of methoxy groups -OCH3 is 1. The molecule has 0 aliphatic rings. The van der Waals surface area contributed by atoms with Crippen molar-refractivity contribution in [3.63, 3.8) is 0 Å². The van der Waals surface area contributed by atoms with Crippen LogP contribution in [0.1, 0.15) is 24.2 Å². The van der Waals surface area contributed by atoms with Crippen LogP contribution in [-0.4, -0.2) is 37.1 Å². The van der Waals surface area contributed by atoms with Crippen LogP contribution in [0.15, 0.2) is 29.2 Å². The van der Waals surface area contributed by atoms with E-state index >= 15 is 0 Å². The van der Waals surface area contributed by atoms with Gasteiger partial charge in [0.1, 0.15) is 0 Å². The molecule has 3 nitrogen and oxygen atoms in total. The molecule has 1 atom stereocenters. The molecule has 0 bridgehead atoms. The Bertz CT molecular complexity index is 364. The molecule has 0 radical (unpaired) electrons. The molecular formula is C13H19NO2S. The first-order valence-electron chi connectivity index (χ1n) is 5.69. The third-order valence-electron chi connectivity index (χ3n) is 2.66. The summed E-state index contributed by atoms with van der Waals surface area (Å²) in [7, 11) is 1.64. The fourth-order valence-corrected chi connectivity index (χ4v) is 1.91. The number of carbonyl (C=O) groups is 1. The first kappa shape index (κ1) is 14.1. The highest BCUT2D eigenvalue weighted by molar-refractivity contribution is 7.80. The van der Waals surface area contributed by atoms with Gasteiger partial charge in [0.15, 0.2) is 0 Å².